The van der Waals surface area contributed by atoms with Crippen molar-refractivity contribution in [1.29, 1.82) is 5.26 Å². The van der Waals surface area contributed by atoms with Crippen LogP contribution in [0.5, 0.6) is 0 Å². The molecule has 0 aliphatic heterocycles. The van der Waals surface area contributed by atoms with Crippen LogP contribution >= 0.6 is 0 Å². The molecule has 1 atom stereocenters. The molecule has 1 unspecified atom stereocenters. The average Bonchev–Trinajstić information content (AvgIpc) is 2.26. The first kappa shape index (κ1) is 15.6. The van der Waals surface area contributed by atoms with Gasteiger partial charge in [0.05, 0.1) is 17.2 Å². The number of benzene rings is 1. The van der Waals surface area contributed by atoms with Crippen LogP contribution in [0.4, 0.5) is 4.39 Å². The van der Waals surface area contributed by atoms with Crippen molar-refractivity contribution in [2.45, 2.75) is 19.1 Å². The first-order chi connectivity index (χ1) is 8.82. The summed E-state index contributed by atoms with van der Waals surface area (Å²) < 4.78 is 13.2. The Kier molecular flexibility index (Phi) is 5.43. The average molecular weight is 265 g/mol. The van der Waals surface area contributed by atoms with Crippen LogP contribution in [-0.4, -0.2) is 42.8 Å². The molecule has 0 aromatic heterocycles. The quantitative estimate of drug-likeness (QED) is 0.808. The number of nitriles is 1. The Morgan fingerprint density at radius 2 is 2.11 bits per heavy atom. The van der Waals surface area contributed by atoms with E-state index in [0.717, 1.165) is 0 Å². The van der Waals surface area contributed by atoms with E-state index in [1.807, 2.05) is 25.1 Å². The lowest BCUT2D eigenvalue weighted by Gasteiger charge is -2.27. The predicted molar refractivity (Wildman–Crippen MR) is 72.0 cm³/mol. The highest BCUT2D eigenvalue weighted by molar-refractivity contribution is 5.33. The summed E-state index contributed by atoms with van der Waals surface area (Å²) in [6, 6.07) is 6.14. The zero-order chi connectivity index (χ0) is 14.5. The zero-order valence-electron chi connectivity index (χ0n) is 11.6. The molecule has 1 aromatic carbocycles. The zero-order valence-corrected chi connectivity index (χ0v) is 11.6. The Bertz CT molecular complexity index is 466. The van der Waals surface area contributed by atoms with Gasteiger partial charge >= 0.3 is 0 Å². The molecule has 4 nitrogen and oxygen atoms in total. The lowest BCUT2D eigenvalue weighted by Crippen LogP contribution is -2.45. The number of nitrogens with one attached hydrogen (secondary N) is 1. The topological polar surface area (TPSA) is 59.3 Å². The monoisotopic (exact) mass is 265 g/mol. The van der Waals surface area contributed by atoms with E-state index in [9.17, 15) is 9.50 Å². The number of aliphatic hydroxyl groups is 1. The van der Waals surface area contributed by atoms with Crippen molar-refractivity contribution in [1.82, 2.24) is 10.2 Å². The fourth-order valence-corrected chi connectivity index (χ4v) is 2.03. The molecule has 1 aromatic rings. The Hall–Kier alpha value is -1.48. The Morgan fingerprint density at radius 3 is 2.68 bits per heavy atom. The Morgan fingerprint density at radius 1 is 1.42 bits per heavy atom. The molecule has 19 heavy (non-hydrogen) atoms. The number of rotatable bonds is 6. The molecule has 0 saturated carbocycles. The van der Waals surface area contributed by atoms with Gasteiger partial charge in [-0.3, -0.25) is 0 Å². The van der Waals surface area contributed by atoms with Crippen molar-refractivity contribution >= 4 is 0 Å². The summed E-state index contributed by atoms with van der Waals surface area (Å²) in [5.41, 5.74) is 0.142. The lowest BCUT2D eigenvalue weighted by molar-refractivity contribution is 0.0336. The summed E-state index contributed by atoms with van der Waals surface area (Å²) >= 11 is 0. The smallest absolute Gasteiger partial charge is 0.124 e. The summed E-state index contributed by atoms with van der Waals surface area (Å²) in [4.78, 5) is 1.90. The minimum absolute atomic E-state index is 0.303. The molecule has 0 saturated heterocycles. The number of hydrogen-bond acceptors (Lipinski definition) is 4. The van der Waals surface area contributed by atoms with E-state index in [0.29, 0.717) is 30.8 Å². The second kappa shape index (κ2) is 6.62. The summed E-state index contributed by atoms with van der Waals surface area (Å²) in [5.74, 6) is -0.420. The van der Waals surface area contributed by atoms with Gasteiger partial charge in [0.15, 0.2) is 0 Å². The van der Waals surface area contributed by atoms with E-state index < -0.39 is 11.4 Å². The Labute approximate surface area is 113 Å². The van der Waals surface area contributed by atoms with Crippen LogP contribution in [-0.2, 0) is 6.54 Å². The van der Waals surface area contributed by atoms with Crippen molar-refractivity contribution in [3.05, 3.63) is 35.1 Å². The fourth-order valence-electron chi connectivity index (χ4n) is 2.03. The van der Waals surface area contributed by atoms with Crippen molar-refractivity contribution in [3.8, 4) is 6.07 Å². The van der Waals surface area contributed by atoms with Crippen molar-refractivity contribution in [2.75, 3.05) is 27.2 Å². The molecule has 2 N–H and O–H groups in total. The van der Waals surface area contributed by atoms with Crippen LogP contribution in [0.1, 0.15) is 18.1 Å². The lowest BCUT2D eigenvalue weighted by atomic mass is 10.1. The van der Waals surface area contributed by atoms with Gasteiger partial charge in [-0.2, -0.15) is 5.26 Å². The summed E-state index contributed by atoms with van der Waals surface area (Å²) in [6.45, 7) is 3.08. The van der Waals surface area contributed by atoms with E-state index >= 15 is 0 Å². The fraction of sp³-hybridized carbons (Fsp3) is 0.500. The molecule has 0 radical (unpaired) electrons. The minimum atomic E-state index is -0.852. The van der Waals surface area contributed by atoms with Crippen LogP contribution in [0.2, 0.25) is 0 Å². The van der Waals surface area contributed by atoms with E-state index in [-0.39, 0.29) is 0 Å². The van der Waals surface area contributed by atoms with Crippen molar-refractivity contribution in [3.63, 3.8) is 0 Å². The van der Waals surface area contributed by atoms with E-state index in [2.05, 4.69) is 5.32 Å². The second-order valence-corrected chi connectivity index (χ2v) is 5.30. The highest BCUT2D eigenvalue weighted by Crippen LogP contribution is 2.09. The van der Waals surface area contributed by atoms with Crippen molar-refractivity contribution < 1.29 is 9.50 Å². The maximum absolute atomic E-state index is 13.2. The minimum Gasteiger partial charge on any atom is -0.388 e. The van der Waals surface area contributed by atoms with Crippen LogP contribution in [0, 0.1) is 17.1 Å². The maximum Gasteiger partial charge on any atom is 0.124 e. The molecule has 0 amide bonds. The standard InChI is InChI=1S/C14H20FN3O/c1-14(19,10-18(2)3)9-17-8-12-4-11(7-16)5-13(15)6-12/h4-6,17,19H,8-10H2,1-3H3. The van der Waals surface area contributed by atoms with Gasteiger partial charge in [-0.1, -0.05) is 0 Å². The highest BCUT2D eigenvalue weighted by Gasteiger charge is 2.20. The summed E-state index contributed by atoms with van der Waals surface area (Å²) in [6.07, 6.45) is 0. The predicted octanol–water partition coefficient (Wildman–Crippen LogP) is 1.10. The molecule has 0 aliphatic carbocycles. The molecule has 0 spiro atoms. The van der Waals surface area contributed by atoms with Crippen molar-refractivity contribution in [2.24, 2.45) is 0 Å². The van der Waals surface area contributed by atoms with Crippen LogP contribution < -0.4 is 5.32 Å². The van der Waals surface area contributed by atoms with Crippen LogP contribution in [0.15, 0.2) is 18.2 Å². The summed E-state index contributed by atoms with van der Waals surface area (Å²) in [7, 11) is 3.78. The SMILES string of the molecule is CN(C)CC(C)(O)CNCc1cc(F)cc(C#N)c1. The van der Waals surface area contributed by atoms with E-state index in [1.54, 1.807) is 13.0 Å². The van der Waals surface area contributed by atoms with E-state index in [4.69, 9.17) is 5.26 Å². The molecular weight excluding hydrogens is 245 g/mol. The van der Waals surface area contributed by atoms with Crippen LogP contribution in [0.25, 0.3) is 0 Å². The van der Waals surface area contributed by atoms with Crippen LogP contribution in [0.3, 0.4) is 0 Å². The third-order valence-corrected chi connectivity index (χ3v) is 2.58. The van der Waals surface area contributed by atoms with Gasteiger partial charge in [0, 0.05) is 19.6 Å². The molecular formula is C14H20FN3O. The van der Waals surface area contributed by atoms with Gasteiger partial charge in [-0.25, -0.2) is 4.39 Å². The van der Waals surface area contributed by atoms with Gasteiger partial charge in [0.25, 0.3) is 0 Å². The number of hydrogen-bond donors (Lipinski definition) is 2. The molecule has 0 fully saturated rings. The first-order valence-electron chi connectivity index (χ1n) is 6.10. The molecule has 5 heteroatoms. The number of halogens is 1. The number of nitrogens with zero attached hydrogens (tertiary/aromatic N) is 2. The molecule has 0 aliphatic rings. The second-order valence-electron chi connectivity index (χ2n) is 5.30. The van der Waals surface area contributed by atoms with Gasteiger partial charge in [-0.15, -0.1) is 0 Å². The van der Waals surface area contributed by atoms with Gasteiger partial charge in [0.2, 0.25) is 0 Å². The Balaban J connectivity index is 2.54. The molecule has 104 valence electrons. The van der Waals surface area contributed by atoms with E-state index in [1.165, 1.54) is 12.1 Å². The molecule has 0 bridgehead atoms. The maximum atomic E-state index is 13.2. The third kappa shape index (κ3) is 5.79. The summed E-state index contributed by atoms with van der Waals surface area (Å²) in [5, 5.41) is 21.9. The highest BCUT2D eigenvalue weighted by atomic mass is 19.1. The number of likely N-dealkylation sites (N-methyl/N-ethyl adjacent to an activating group) is 1. The normalized spacial score (nSPS) is 14.2. The van der Waals surface area contributed by atoms with Gasteiger partial charge in [0.1, 0.15) is 5.82 Å². The van der Waals surface area contributed by atoms with Gasteiger partial charge < -0.3 is 15.3 Å². The first-order valence-corrected chi connectivity index (χ1v) is 6.10. The third-order valence-electron chi connectivity index (χ3n) is 2.58. The molecule has 0 heterocycles. The van der Waals surface area contributed by atoms with Gasteiger partial charge in [-0.05, 0) is 44.8 Å². The largest absolute Gasteiger partial charge is 0.388 e. The molecule has 1 rings (SSSR count).